The summed E-state index contributed by atoms with van der Waals surface area (Å²) >= 11 is 0. The van der Waals surface area contributed by atoms with Crippen LogP contribution in [0.15, 0.2) is 24.3 Å². The van der Waals surface area contributed by atoms with E-state index >= 15 is 0 Å². The van der Waals surface area contributed by atoms with Crippen LogP contribution < -0.4 is 10.6 Å². The summed E-state index contributed by atoms with van der Waals surface area (Å²) in [5.74, 6) is -0.108. The number of carbonyl (C=O) groups excluding carboxylic acids is 1. The number of nitrogens with zero attached hydrogens (tertiary/aromatic N) is 1. The molecule has 0 aliphatic carbocycles. The lowest BCUT2D eigenvalue weighted by molar-refractivity contribution is -0.120. The van der Waals surface area contributed by atoms with Crippen LogP contribution in [-0.2, 0) is 16.1 Å². The lowest BCUT2D eigenvalue weighted by Crippen LogP contribution is -2.39. The van der Waals surface area contributed by atoms with Crippen LogP contribution in [0.5, 0.6) is 0 Å². The van der Waals surface area contributed by atoms with Gasteiger partial charge in [-0.2, -0.15) is 0 Å². The maximum Gasteiger partial charge on any atom is 0.231 e. The average Bonchev–Trinajstić information content (AvgIpc) is 2.89. The molecule has 1 heterocycles. The van der Waals surface area contributed by atoms with Crippen molar-refractivity contribution >= 4 is 11.6 Å². The van der Waals surface area contributed by atoms with E-state index in [2.05, 4.69) is 15.5 Å². The largest absolute Gasteiger partial charge is 0.379 e. The zero-order chi connectivity index (χ0) is 14.5. The van der Waals surface area contributed by atoms with Gasteiger partial charge < -0.3 is 20.3 Å². The molecule has 2 atom stereocenters. The Morgan fingerprint density at radius 2 is 2.00 bits per heavy atom. The Bertz CT molecular complexity index is 445. The molecule has 1 aliphatic heterocycles. The minimum Gasteiger partial charge on any atom is -0.379 e. The van der Waals surface area contributed by atoms with Crippen LogP contribution in [-0.4, -0.2) is 51.2 Å². The van der Waals surface area contributed by atoms with Crippen LogP contribution in [0.2, 0.25) is 0 Å². The molecule has 1 aromatic rings. The quantitative estimate of drug-likeness (QED) is 0.840. The molecule has 1 aliphatic rings. The minimum atomic E-state index is -0.124. The van der Waals surface area contributed by atoms with Gasteiger partial charge in [0.05, 0.1) is 19.1 Å². The second-order valence-electron chi connectivity index (χ2n) is 5.46. The number of anilines is 1. The van der Waals surface area contributed by atoms with E-state index in [1.54, 1.807) is 0 Å². The van der Waals surface area contributed by atoms with Crippen LogP contribution in [0.25, 0.3) is 0 Å². The predicted octanol–water partition coefficient (Wildman–Crippen LogP) is 0.921. The highest BCUT2D eigenvalue weighted by Gasteiger charge is 2.32. The number of ether oxygens (including phenoxy) is 1. The molecular formula is C15H23N3O2. The number of hydrogen-bond acceptors (Lipinski definition) is 4. The Morgan fingerprint density at radius 1 is 1.30 bits per heavy atom. The van der Waals surface area contributed by atoms with Crippen LogP contribution in [0.4, 0.5) is 5.69 Å². The second kappa shape index (κ2) is 6.83. The van der Waals surface area contributed by atoms with E-state index in [0.29, 0.717) is 13.2 Å². The first kappa shape index (κ1) is 15.0. The summed E-state index contributed by atoms with van der Waals surface area (Å²) in [4.78, 5) is 14.3. The van der Waals surface area contributed by atoms with Gasteiger partial charge in [-0.15, -0.1) is 0 Å². The average molecular weight is 277 g/mol. The molecule has 0 saturated carbocycles. The first-order chi connectivity index (χ1) is 9.60. The van der Waals surface area contributed by atoms with Crippen molar-refractivity contribution < 1.29 is 9.53 Å². The summed E-state index contributed by atoms with van der Waals surface area (Å²) in [7, 11) is 5.93. The summed E-state index contributed by atoms with van der Waals surface area (Å²) in [5, 5.41) is 6.08. The summed E-state index contributed by atoms with van der Waals surface area (Å²) < 4.78 is 5.35. The highest BCUT2D eigenvalue weighted by molar-refractivity contribution is 5.93. The van der Waals surface area contributed by atoms with Gasteiger partial charge in [-0.25, -0.2) is 0 Å². The van der Waals surface area contributed by atoms with Gasteiger partial charge in [0, 0.05) is 18.3 Å². The number of likely N-dealkylation sites (N-methyl/N-ethyl adjacent to an activating group) is 1. The molecule has 1 amide bonds. The number of nitrogens with one attached hydrogen (secondary N) is 2. The normalized spacial score (nSPS) is 22.2. The van der Waals surface area contributed by atoms with E-state index in [4.69, 9.17) is 4.74 Å². The van der Waals surface area contributed by atoms with E-state index in [-0.39, 0.29) is 17.9 Å². The number of benzene rings is 1. The zero-order valence-corrected chi connectivity index (χ0v) is 12.3. The lowest BCUT2D eigenvalue weighted by Gasteiger charge is -2.16. The van der Waals surface area contributed by atoms with E-state index in [1.165, 1.54) is 5.56 Å². The van der Waals surface area contributed by atoms with Gasteiger partial charge in [0.2, 0.25) is 5.91 Å². The van der Waals surface area contributed by atoms with Crippen molar-refractivity contribution in [3.05, 3.63) is 29.8 Å². The fourth-order valence-electron chi connectivity index (χ4n) is 2.39. The third-order valence-corrected chi connectivity index (χ3v) is 3.51. The molecule has 110 valence electrons. The predicted molar refractivity (Wildman–Crippen MR) is 79.6 cm³/mol. The Hall–Kier alpha value is -1.43. The molecule has 2 rings (SSSR count). The Labute approximate surface area is 120 Å². The number of carbonyl (C=O) groups is 1. The number of amides is 1. The van der Waals surface area contributed by atoms with Gasteiger partial charge in [0.25, 0.3) is 0 Å². The molecule has 0 bridgehead atoms. The number of hydrogen-bond donors (Lipinski definition) is 2. The van der Waals surface area contributed by atoms with Crippen molar-refractivity contribution in [3.8, 4) is 0 Å². The van der Waals surface area contributed by atoms with E-state index in [9.17, 15) is 4.79 Å². The minimum absolute atomic E-state index is 0.0159. The molecule has 1 aromatic carbocycles. The first-order valence-electron chi connectivity index (χ1n) is 6.89. The van der Waals surface area contributed by atoms with Gasteiger partial charge in [-0.05, 0) is 38.8 Å². The smallest absolute Gasteiger partial charge is 0.231 e. The van der Waals surface area contributed by atoms with Crippen LogP contribution in [0.1, 0.15) is 5.56 Å². The molecule has 0 radical (unpaired) electrons. The molecule has 20 heavy (non-hydrogen) atoms. The molecule has 2 unspecified atom stereocenters. The highest BCUT2D eigenvalue weighted by Crippen LogP contribution is 2.17. The molecule has 1 saturated heterocycles. The van der Waals surface area contributed by atoms with Crippen LogP contribution >= 0.6 is 0 Å². The summed E-state index contributed by atoms with van der Waals surface area (Å²) in [5.41, 5.74) is 2.06. The second-order valence-corrected chi connectivity index (χ2v) is 5.46. The van der Waals surface area contributed by atoms with Gasteiger partial charge in [0.15, 0.2) is 0 Å². The summed E-state index contributed by atoms with van der Waals surface area (Å²) in [6, 6.07) is 8.07. The SMILES string of the molecule is CNC1COCC1C(=O)Nc1ccc(CN(C)C)cc1. The molecular weight excluding hydrogens is 254 g/mol. The van der Waals surface area contributed by atoms with Crippen molar-refractivity contribution in [1.82, 2.24) is 10.2 Å². The molecule has 2 N–H and O–H groups in total. The van der Waals surface area contributed by atoms with Crippen molar-refractivity contribution in [2.24, 2.45) is 5.92 Å². The third-order valence-electron chi connectivity index (χ3n) is 3.51. The van der Waals surface area contributed by atoms with Crippen LogP contribution in [0, 0.1) is 5.92 Å². The Morgan fingerprint density at radius 3 is 2.60 bits per heavy atom. The van der Waals surface area contributed by atoms with Gasteiger partial charge >= 0.3 is 0 Å². The Balaban J connectivity index is 1.94. The van der Waals surface area contributed by atoms with E-state index in [0.717, 1.165) is 12.2 Å². The van der Waals surface area contributed by atoms with Crippen molar-refractivity contribution in [1.29, 1.82) is 0 Å². The maximum absolute atomic E-state index is 12.2. The van der Waals surface area contributed by atoms with Crippen molar-refractivity contribution in [2.45, 2.75) is 12.6 Å². The van der Waals surface area contributed by atoms with Crippen molar-refractivity contribution in [2.75, 3.05) is 39.7 Å². The maximum atomic E-state index is 12.2. The van der Waals surface area contributed by atoms with E-state index in [1.807, 2.05) is 45.4 Å². The molecule has 1 fully saturated rings. The zero-order valence-electron chi connectivity index (χ0n) is 12.3. The van der Waals surface area contributed by atoms with Crippen LogP contribution in [0.3, 0.4) is 0 Å². The topological polar surface area (TPSA) is 53.6 Å². The summed E-state index contributed by atoms with van der Waals surface area (Å²) in [6.45, 7) is 1.97. The van der Waals surface area contributed by atoms with E-state index < -0.39 is 0 Å². The van der Waals surface area contributed by atoms with Gasteiger partial charge in [-0.3, -0.25) is 4.79 Å². The first-order valence-corrected chi connectivity index (χ1v) is 6.89. The fourth-order valence-corrected chi connectivity index (χ4v) is 2.39. The molecule has 0 aromatic heterocycles. The van der Waals surface area contributed by atoms with Gasteiger partial charge in [-0.1, -0.05) is 12.1 Å². The summed E-state index contributed by atoms with van der Waals surface area (Å²) in [6.07, 6.45) is 0. The monoisotopic (exact) mass is 277 g/mol. The molecule has 0 spiro atoms. The van der Waals surface area contributed by atoms with Crippen molar-refractivity contribution in [3.63, 3.8) is 0 Å². The fraction of sp³-hybridized carbons (Fsp3) is 0.533. The van der Waals surface area contributed by atoms with Gasteiger partial charge in [0.1, 0.15) is 0 Å². The molecule has 5 heteroatoms. The lowest BCUT2D eigenvalue weighted by atomic mass is 10.0. The molecule has 5 nitrogen and oxygen atoms in total. The Kier molecular flexibility index (Phi) is 5.11. The third kappa shape index (κ3) is 3.79. The highest BCUT2D eigenvalue weighted by atomic mass is 16.5. The standard InChI is InChI=1S/C15H23N3O2/c1-16-14-10-20-9-13(14)15(19)17-12-6-4-11(5-7-12)8-18(2)3/h4-7,13-14,16H,8-10H2,1-3H3,(H,17,19). The number of rotatable bonds is 5.